The molecule has 0 bridgehead atoms. The fraction of sp³-hybridized carbons (Fsp3) is 0.625. The first-order valence-corrected chi connectivity index (χ1v) is 7.66. The summed E-state index contributed by atoms with van der Waals surface area (Å²) >= 11 is 0. The molecular weight excluding hydrogens is 272 g/mol. The van der Waals surface area contributed by atoms with Crippen molar-refractivity contribution < 1.29 is 8.78 Å². The van der Waals surface area contributed by atoms with Crippen LogP contribution in [0, 0.1) is 11.6 Å². The van der Waals surface area contributed by atoms with E-state index in [2.05, 4.69) is 22.2 Å². The Kier molecular flexibility index (Phi) is 6.08. The van der Waals surface area contributed by atoms with Gasteiger partial charge < -0.3 is 15.1 Å². The number of halogens is 2. The normalized spacial score (nSPS) is 18.9. The smallest absolute Gasteiger partial charge is 0.130 e. The molecule has 1 N–H and O–H groups in total. The molecule has 0 spiro atoms. The Labute approximate surface area is 125 Å². The summed E-state index contributed by atoms with van der Waals surface area (Å²) in [7, 11) is 2.14. The summed E-state index contributed by atoms with van der Waals surface area (Å²) in [6.45, 7) is 8.04. The van der Waals surface area contributed by atoms with Gasteiger partial charge in [0.25, 0.3) is 0 Å². The SMILES string of the molecule is CC(NCCCN1CCN(C)CC1)c1c(F)cccc1F. The van der Waals surface area contributed by atoms with Gasteiger partial charge in [-0.15, -0.1) is 0 Å². The van der Waals surface area contributed by atoms with Gasteiger partial charge in [0.2, 0.25) is 0 Å². The van der Waals surface area contributed by atoms with Crippen molar-refractivity contribution in [3.8, 4) is 0 Å². The van der Waals surface area contributed by atoms with Crippen LogP contribution in [-0.2, 0) is 0 Å². The Morgan fingerprint density at radius 3 is 2.38 bits per heavy atom. The molecular formula is C16H25F2N3. The van der Waals surface area contributed by atoms with Gasteiger partial charge in [0.15, 0.2) is 0 Å². The fourth-order valence-corrected chi connectivity index (χ4v) is 2.72. The Morgan fingerprint density at radius 2 is 1.76 bits per heavy atom. The van der Waals surface area contributed by atoms with Crippen molar-refractivity contribution in [2.24, 2.45) is 0 Å². The number of benzene rings is 1. The zero-order valence-corrected chi connectivity index (χ0v) is 12.9. The van der Waals surface area contributed by atoms with E-state index in [-0.39, 0.29) is 11.6 Å². The molecule has 1 aliphatic rings. The topological polar surface area (TPSA) is 18.5 Å². The van der Waals surface area contributed by atoms with Gasteiger partial charge in [-0.3, -0.25) is 0 Å². The molecule has 0 aliphatic carbocycles. The van der Waals surface area contributed by atoms with Gasteiger partial charge in [0.05, 0.1) is 0 Å². The molecule has 0 amide bonds. The van der Waals surface area contributed by atoms with Crippen molar-refractivity contribution in [2.75, 3.05) is 46.3 Å². The van der Waals surface area contributed by atoms with Crippen LogP contribution >= 0.6 is 0 Å². The van der Waals surface area contributed by atoms with Crippen molar-refractivity contribution in [1.29, 1.82) is 0 Å². The van der Waals surface area contributed by atoms with Crippen molar-refractivity contribution in [3.05, 3.63) is 35.4 Å². The zero-order chi connectivity index (χ0) is 15.2. The first kappa shape index (κ1) is 16.3. The number of rotatable bonds is 6. The van der Waals surface area contributed by atoms with Crippen LogP contribution in [0.4, 0.5) is 8.78 Å². The van der Waals surface area contributed by atoms with E-state index >= 15 is 0 Å². The van der Waals surface area contributed by atoms with Gasteiger partial charge in [-0.25, -0.2) is 8.78 Å². The minimum atomic E-state index is -0.478. The van der Waals surface area contributed by atoms with Crippen LogP contribution in [0.25, 0.3) is 0 Å². The van der Waals surface area contributed by atoms with Crippen molar-refractivity contribution in [1.82, 2.24) is 15.1 Å². The van der Waals surface area contributed by atoms with Crippen LogP contribution in [0.3, 0.4) is 0 Å². The van der Waals surface area contributed by atoms with Crippen LogP contribution < -0.4 is 5.32 Å². The van der Waals surface area contributed by atoms with Gasteiger partial charge in [0, 0.05) is 37.8 Å². The van der Waals surface area contributed by atoms with E-state index in [1.165, 1.54) is 18.2 Å². The lowest BCUT2D eigenvalue weighted by atomic mass is 10.1. The third kappa shape index (κ3) is 4.73. The molecule has 1 unspecified atom stereocenters. The quantitative estimate of drug-likeness (QED) is 0.813. The summed E-state index contributed by atoms with van der Waals surface area (Å²) in [5.41, 5.74) is 0.136. The van der Waals surface area contributed by atoms with Crippen LogP contribution in [0.1, 0.15) is 24.9 Å². The van der Waals surface area contributed by atoms with E-state index in [0.717, 1.165) is 45.7 Å². The van der Waals surface area contributed by atoms with E-state index in [4.69, 9.17) is 0 Å². The average molecular weight is 297 g/mol. The van der Waals surface area contributed by atoms with Crippen LogP contribution in [-0.4, -0.2) is 56.1 Å². The molecule has 1 heterocycles. The van der Waals surface area contributed by atoms with Crippen molar-refractivity contribution >= 4 is 0 Å². The number of hydrogen-bond donors (Lipinski definition) is 1. The molecule has 21 heavy (non-hydrogen) atoms. The second-order valence-electron chi connectivity index (χ2n) is 5.81. The highest BCUT2D eigenvalue weighted by atomic mass is 19.1. The summed E-state index contributed by atoms with van der Waals surface area (Å²) in [5, 5.41) is 3.21. The molecule has 1 aliphatic heterocycles. The number of piperazine rings is 1. The molecule has 1 saturated heterocycles. The molecule has 0 saturated carbocycles. The average Bonchev–Trinajstić information content (AvgIpc) is 2.45. The van der Waals surface area contributed by atoms with Crippen molar-refractivity contribution in [2.45, 2.75) is 19.4 Å². The van der Waals surface area contributed by atoms with Crippen LogP contribution in [0.5, 0.6) is 0 Å². The standard InChI is InChI=1S/C16H25F2N3/c1-13(16-14(17)5-3-6-15(16)18)19-7-4-8-21-11-9-20(2)10-12-21/h3,5-6,13,19H,4,7-12H2,1-2H3. The van der Waals surface area contributed by atoms with E-state index in [1.54, 1.807) is 6.92 Å². The molecule has 2 rings (SSSR count). The lowest BCUT2D eigenvalue weighted by molar-refractivity contribution is 0.152. The second-order valence-corrected chi connectivity index (χ2v) is 5.81. The Morgan fingerprint density at radius 1 is 1.14 bits per heavy atom. The molecule has 118 valence electrons. The molecule has 1 aromatic rings. The number of nitrogens with one attached hydrogen (secondary N) is 1. The Bertz CT molecular complexity index is 425. The van der Waals surface area contributed by atoms with Gasteiger partial charge >= 0.3 is 0 Å². The molecule has 1 aromatic carbocycles. The third-order valence-corrected chi connectivity index (χ3v) is 4.13. The monoisotopic (exact) mass is 297 g/mol. The fourth-order valence-electron chi connectivity index (χ4n) is 2.72. The third-order valence-electron chi connectivity index (χ3n) is 4.13. The summed E-state index contributed by atoms with van der Waals surface area (Å²) in [6, 6.07) is 3.70. The summed E-state index contributed by atoms with van der Waals surface area (Å²) < 4.78 is 27.3. The van der Waals surface area contributed by atoms with E-state index in [1.807, 2.05) is 0 Å². The predicted octanol–water partition coefficient (Wildman–Crippen LogP) is 2.25. The lowest BCUT2D eigenvalue weighted by Crippen LogP contribution is -2.45. The summed E-state index contributed by atoms with van der Waals surface area (Å²) in [5.74, 6) is -0.955. The largest absolute Gasteiger partial charge is 0.310 e. The first-order valence-electron chi connectivity index (χ1n) is 7.66. The minimum Gasteiger partial charge on any atom is -0.310 e. The number of nitrogens with zero attached hydrogens (tertiary/aromatic N) is 2. The maximum atomic E-state index is 13.6. The predicted molar refractivity (Wildman–Crippen MR) is 81.3 cm³/mol. The summed E-state index contributed by atoms with van der Waals surface area (Å²) in [6.07, 6.45) is 0.990. The van der Waals surface area contributed by atoms with Crippen molar-refractivity contribution in [3.63, 3.8) is 0 Å². The molecule has 0 radical (unpaired) electrons. The highest BCUT2D eigenvalue weighted by Crippen LogP contribution is 2.20. The molecule has 5 heteroatoms. The van der Waals surface area contributed by atoms with E-state index in [9.17, 15) is 8.78 Å². The van der Waals surface area contributed by atoms with Crippen LogP contribution in [0.2, 0.25) is 0 Å². The van der Waals surface area contributed by atoms with Gasteiger partial charge in [-0.05, 0) is 45.6 Å². The number of likely N-dealkylation sites (N-methyl/N-ethyl adjacent to an activating group) is 1. The second kappa shape index (κ2) is 7.82. The Balaban J connectivity index is 1.71. The van der Waals surface area contributed by atoms with Crippen LogP contribution in [0.15, 0.2) is 18.2 Å². The molecule has 1 atom stereocenters. The van der Waals surface area contributed by atoms with Gasteiger partial charge in [0.1, 0.15) is 11.6 Å². The molecule has 0 aromatic heterocycles. The van der Waals surface area contributed by atoms with E-state index < -0.39 is 11.6 Å². The maximum absolute atomic E-state index is 13.6. The molecule has 3 nitrogen and oxygen atoms in total. The van der Waals surface area contributed by atoms with E-state index in [0.29, 0.717) is 0 Å². The van der Waals surface area contributed by atoms with Gasteiger partial charge in [-0.1, -0.05) is 6.07 Å². The highest BCUT2D eigenvalue weighted by Gasteiger charge is 2.16. The minimum absolute atomic E-state index is 0.136. The van der Waals surface area contributed by atoms with Gasteiger partial charge in [-0.2, -0.15) is 0 Å². The number of hydrogen-bond acceptors (Lipinski definition) is 3. The summed E-state index contributed by atoms with van der Waals surface area (Å²) in [4.78, 5) is 4.77. The first-order chi connectivity index (χ1) is 10.1. The lowest BCUT2D eigenvalue weighted by Gasteiger charge is -2.32. The Hall–Kier alpha value is -1.04. The highest BCUT2D eigenvalue weighted by molar-refractivity contribution is 5.22. The molecule has 1 fully saturated rings. The zero-order valence-electron chi connectivity index (χ0n) is 12.9. The maximum Gasteiger partial charge on any atom is 0.130 e.